The zero-order chi connectivity index (χ0) is 17.2. The summed E-state index contributed by atoms with van der Waals surface area (Å²) in [5.41, 5.74) is 0.896. The summed E-state index contributed by atoms with van der Waals surface area (Å²) in [4.78, 5) is 12.4. The van der Waals surface area contributed by atoms with Crippen LogP contribution in [0, 0.1) is 5.82 Å². The number of ether oxygens (including phenoxy) is 1. The molecule has 1 heterocycles. The molecule has 1 fully saturated rings. The Hall–Kier alpha value is -2.07. The highest BCUT2D eigenvalue weighted by molar-refractivity contribution is 6.33. The van der Waals surface area contributed by atoms with Crippen LogP contribution in [-0.2, 0) is 15.1 Å². The number of cyclic esters (lactones) is 1. The van der Waals surface area contributed by atoms with Gasteiger partial charge in [-0.05, 0) is 30.2 Å². The number of anilines is 1. The number of hydrogen-bond donors (Lipinski definition) is 1. The normalized spacial score (nSPS) is 23.1. The number of benzene rings is 2. The molecule has 1 aliphatic rings. The van der Waals surface area contributed by atoms with Crippen molar-refractivity contribution in [3.05, 3.63) is 64.9 Å². The van der Waals surface area contributed by atoms with E-state index in [2.05, 4.69) is 12.2 Å². The Kier molecular flexibility index (Phi) is 4.76. The largest absolute Gasteiger partial charge is 0.453 e. The van der Waals surface area contributed by atoms with Gasteiger partial charge >= 0.3 is 5.97 Å². The Morgan fingerprint density at radius 2 is 2.04 bits per heavy atom. The Bertz CT molecular complexity index is 737. The molecule has 0 amide bonds. The fourth-order valence-corrected chi connectivity index (χ4v) is 3.46. The summed E-state index contributed by atoms with van der Waals surface area (Å²) in [6.45, 7) is 2.07. The molecule has 0 bridgehead atoms. The quantitative estimate of drug-likeness (QED) is 0.781. The van der Waals surface area contributed by atoms with Gasteiger partial charge in [-0.25, -0.2) is 9.18 Å². The van der Waals surface area contributed by atoms with E-state index >= 15 is 0 Å². The van der Waals surface area contributed by atoms with Crippen LogP contribution in [0.3, 0.4) is 0 Å². The van der Waals surface area contributed by atoms with E-state index < -0.39 is 17.5 Å². The van der Waals surface area contributed by atoms with Gasteiger partial charge in [0.2, 0.25) is 0 Å². The van der Waals surface area contributed by atoms with Gasteiger partial charge in [0.15, 0.2) is 0 Å². The molecule has 0 aliphatic carbocycles. The number of hydrogen-bond acceptors (Lipinski definition) is 3. The second-order valence-corrected chi connectivity index (χ2v) is 6.46. The third-order valence-corrected chi connectivity index (χ3v) is 4.64. The summed E-state index contributed by atoms with van der Waals surface area (Å²) in [5, 5.41) is 3.34. The van der Waals surface area contributed by atoms with Crippen LogP contribution >= 0.6 is 11.6 Å². The number of carbonyl (C=O) groups excluding carboxylic acids is 1. The molecule has 1 N–H and O–H groups in total. The molecular formula is C19H19ClFNO2. The predicted octanol–water partition coefficient (Wildman–Crippen LogP) is 4.90. The minimum atomic E-state index is -0.628. The third-order valence-electron chi connectivity index (χ3n) is 4.33. The van der Waals surface area contributed by atoms with Crippen molar-refractivity contribution in [1.82, 2.24) is 0 Å². The fraction of sp³-hybridized carbons (Fsp3) is 0.316. The van der Waals surface area contributed by atoms with Gasteiger partial charge < -0.3 is 10.1 Å². The van der Waals surface area contributed by atoms with E-state index in [-0.39, 0.29) is 11.0 Å². The van der Waals surface area contributed by atoms with Gasteiger partial charge in [0.05, 0.1) is 10.7 Å². The highest BCUT2D eigenvalue weighted by atomic mass is 35.5. The maximum Gasteiger partial charge on any atom is 0.329 e. The van der Waals surface area contributed by atoms with Gasteiger partial charge in [-0.3, -0.25) is 0 Å². The van der Waals surface area contributed by atoms with Gasteiger partial charge in [-0.15, -0.1) is 0 Å². The minimum Gasteiger partial charge on any atom is -0.453 e. The van der Waals surface area contributed by atoms with E-state index in [0.29, 0.717) is 12.1 Å². The Morgan fingerprint density at radius 3 is 2.71 bits per heavy atom. The molecule has 1 aliphatic heterocycles. The summed E-state index contributed by atoms with van der Waals surface area (Å²) < 4.78 is 19.0. The molecule has 0 radical (unpaired) electrons. The zero-order valence-electron chi connectivity index (χ0n) is 13.4. The van der Waals surface area contributed by atoms with Crippen molar-refractivity contribution >= 4 is 23.3 Å². The molecule has 0 aromatic heterocycles. The highest BCUT2D eigenvalue weighted by Crippen LogP contribution is 2.42. The van der Waals surface area contributed by atoms with E-state index in [1.54, 1.807) is 0 Å². The lowest BCUT2D eigenvalue weighted by atomic mass is 9.85. The van der Waals surface area contributed by atoms with E-state index in [9.17, 15) is 9.18 Å². The molecule has 1 saturated heterocycles. The lowest BCUT2D eigenvalue weighted by molar-refractivity contribution is -0.150. The smallest absolute Gasteiger partial charge is 0.329 e. The molecule has 2 unspecified atom stereocenters. The maximum absolute atomic E-state index is 13.2. The molecule has 0 saturated carbocycles. The summed E-state index contributed by atoms with van der Waals surface area (Å²) >= 11 is 6.05. The molecule has 2 atom stereocenters. The van der Waals surface area contributed by atoms with E-state index in [4.69, 9.17) is 16.3 Å². The summed E-state index contributed by atoms with van der Waals surface area (Å²) in [7, 11) is 0. The van der Waals surface area contributed by atoms with Crippen molar-refractivity contribution in [2.45, 2.75) is 37.8 Å². The first-order valence-corrected chi connectivity index (χ1v) is 8.42. The van der Waals surface area contributed by atoms with Crippen molar-refractivity contribution in [2.24, 2.45) is 0 Å². The van der Waals surface area contributed by atoms with E-state index in [0.717, 1.165) is 18.4 Å². The molecule has 3 rings (SSSR count). The van der Waals surface area contributed by atoms with E-state index in [1.807, 2.05) is 30.3 Å². The number of halogens is 2. The van der Waals surface area contributed by atoms with Crippen LogP contribution in [0.25, 0.3) is 0 Å². The maximum atomic E-state index is 13.2. The Labute approximate surface area is 145 Å². The molecule has 24 heavy (non-hydrogen) atoms. The van der Waals surface area contributed by atoms with Crippen molar-refractivity contribution in [2.75, 3.05) is 5.32 Å². The van der Waals surface area contributed by atoms with Crippen molar-refractivity contribution in [3.63, 3.8) is 0 Å². The molecule has 2 aromatic carbocycles. The van der Waals surface area contributed by atoms with Gasteiger partial charge in [0.25, 0.3) is 0 Å². The molecule has 0 spiro atoms. The van der Waals surface area contributed by atoms with Crippen LogP contribution in [0.2, 0.25) is 5.02 Å². The first-order valence-electron chi connectivity index (χ1n) is 8.04. The number of rotatable bonds is 5. The first-order chi connectivity index (χ1) is 11.5. The minimum absolute atomic E-state index is 0.246. The van der Waals surface area contributed by atoms with Crippen LogP contribution in [0.5, 0.6) is 0 Å². The predicted molar refractivity (Wildman–Crippen MR) is 92.6 cm³/mol. The summed E-state index contributed by atoms with van der Waals surface area (Å²) in [6.07, 6.45) is 2.15. The third kappa shape index (κ3) is 3.24. The van der Waals surface area contributed by atoms with Gasteiger partial charge in [-0.2, -0.15) is 0 Å². The molecule has 126 valence electrons. The molecular weight excluding hydrogens is 329 g/mol. The lowest BCUT2D eigenvalue weighted by Crippen LogP contribution is -2.27. The SMILES string of the molecule is CCCC1(c2ccccc2)CC(Nc2ccc(F)cc2Cl)C(=O)O1. The van der Waals surface area contributed by atoms with Crippen LogP contribution in [0.4, 0.5) is 10.1 Å². The van der Waals surface area contributed by atoms with Gasteiger partial charge in [0, 0.05) is 6.42 Å². The highest BCUT2D eigenvalue weighted by Gasteiger charge is 2.47. The number of nitrogens with one attached hydrogen (secondary N) is 1. The second-order valence-electron chi connectivity index (χ2n) is 6.06. The van der Waals surface area contributed by atoms with Crippen LogP contribution in [0.15, 0.2) is 48.5 Å². The monoisotopic (exact) mass is 347 g/mol. The Morgan fingerprint density at radius 1 is 1.29 bits per heavy atom. The molecule has 5 heteroatoms. The van der Waals surface area contributed by atoms with Crippen molar-refractivity contribution < 1.29 is 13.9 Å². The second kappa shape index (κ2) is 6.81. The first kappa shape index (κ1) is 16.8. The number of esters is 1. The van der Waals surface area contributed by atoms with Gasteiger partial charge in [-0.1, -0.05) is 55.3 Å². The number of carbonyl (C=O) groups is 1. The van der Waals surface area contributed by atoms with Crippen molar-refractivity contribution in [3.8, 4) is 0 Å². The Balaban J connectivity index is 1.85. The van der Waals surface area contributed by atoms with E-state index in [1.165, 1.54) is 18.2 Å². The van der Waals surface area contributed by atoms with Crippen LogP contribution < -0.4 is 5.32 Å². The van der Waals surface area contributed by atoms with Crippen LogP contribution in [-0.4, -0.2) is 12.0 Å². The fourth-order valence-electron chi connectivity index (χ4n) is 3.24. The van der Waals surface area contributed by atoms with Crippen LogP contribution in [0.1, 0.15) is 31.7 Å². The zero-order valence-corrected chi connectivity index (χ0v) is 14.1. The average molecular weight is 348 g/mol. The summed E-state index contributed by atoms with van der Waals surface area (Å²) in [6, 6.07) is 13.3. The molecule has 3 nitrogen and oxygen atoms in total. The molecule has 2 aromatic rings. The average Bonchev–Trinajstić information content (AvgIpc) is 2.88. The lowest BCUT2D eigenvalue weighted by Gasteiger charge is -2.28. The standard InChI is InChI=1S/C19H19ClFNO2/c1-2-10-19(13-6-4-3-5-7-13)12-17(18(23)24-19)22-16-9-8-14(21)11-15(16)20/h3-9,11,17,22H,2,10,12H2,1H3. The topological polar surface area (TPSA) is 38.3 Å². The summed E-state index contributed by atoms with van der Waals surface area (Å²) in [5.74, 6) is -0.725. The van der Waals surface area contributed by atoms with Gasteiger partial charge in [0.1, 0.15) is 17.5 Å². The van der Waals surface area contributed by atoms with Crippen molar-refractivity contribution in [1.29, 1.82) is 0 Å².